The summed E-state index contributed by atoms with van der Waals surface area (Å²) in [5, 5.41) is 3.14. The third-order valence-electron chi connectivity index (χ3n) is 3.55. The highest BCUT2D eigenvalue weighted by atomic mass is 32.2. The molecule has 1 saturated heterocycles. The first-order valence-corrected chi connectivity index (χ1v) is 8.43. The van der Waals surface area contributed by atoms with Crippen molar-refractivity contribution in [2.24, 2.45) is 0 Å². The highest BCUT2D eigenvalue weighted by Gasteiger charge is 2.35. The lowest BCUT2D eigenvalue weighted by molar-refractivity contribution is 0.227. The van der Waals surface area contributed by atoms with Crippen molar-refractivity contribution in [1.82, 2.24) is 13.9 Å². The molecule has 1 aliphatic heterocycles. The molecule has 0 amide bonds. The number of nitrogens with zero attached hydrogens (tertiary/aromatic N) is 2. The average molecular weight is 297 g/mol. The van der Waals surface area contributed by atoms with Crippen LogP contribution in [0.15, 0.2) is 30.3 Å². The van der Waals surface area contributed by atoms with Gasteiger partial charge in [-0.15, -0.1) is 0 Å². The van der Waals surface area contributed by atoms with Crippen molar-refractivity contribution < 1.29 is 8.42 Å². The van der Waals surface area contributed by atoms with Crippen molar-refractivity contribution in [3.63, 3.8) is 0 Å². The smallest absolute Gasteiger partial charge is 0.282 e. The molecule has 0 radical (unpaired) electrons. The van der Waals surface area contributed by atoms with Crippen LogP contribution < -0.4 is 5.32 Å². The maximum atomic E-state index is 12.7. The Morgan fingerprint density at radius 2 is 1.90 bits per heavy atom. The molecule has 1 N–H and O–H groups in total. The Morgan fingerprint density at radius 3 is 2.40 bits per heavy atom. The fourth-order valence-corrected chi connectivity index (χ4v) is 3.89. The summed E-state index contributed by atoms with van der Waals surface area (Å²) in [5.41, 5.74) is 1.00. The molecule has 112 valence electrons. The highest BCUT2D eigenvalue weighted by molar-refractivity contribution is 7.86. The molecular formula is C14H23N3O2S. The van der Waals surface area contributed by atoms with E-state index in [9.17, 15) is 8.42 Å². The third kappa shape index (κ3) is 3.38. The van der Waals surface area contributed by atoms with Gasteiger partial charge in [-0.1, -0.05) is 37.3 Å². The van der Waals surface area contributed by atoms with Gasteiger partial charge in [-0.05, 0) is 12.0 Å². The normalized spacial score (nSPS) is 16.6. The molecule has 0 spiro atoms. The third-order valence-corrected chi connectivity index (χ3v) is 5.54. The molecule has 1 aromatic carbocycles. The van der Waals surface area contributed by atoms with E-state index < -0.39 is 10.2 Å². The molecule has 1 aliphatic rings. The van der Waals surface area contributed by atoms with Crippen molar-refractivity contribution >= 4 is 10.2 Å². The molecule has 0 saturated carbocycles. The van der Waals surface area contributed by atoms with Crippen molar-refractivity contribution in [2.45, 2.75) is 25.9 Å². The van der Waals surface area contributed by atoms with Crippen LogP contribution in [0.4, 0.5) is 0 Å². The van der Waals surface area contributed by atoms with Crippen LogP contribution in [0.1, 0.15) is 18.9 Å². The largest absolute Gasteiger partial charge is 0.313 e. The number of benzene rings is 1. The van der Waals surface area contributed by atoms with Crippen LogP contribution in [0.2, 0.25) is 0 Å². The van der Waals surface area contributed by atoms with Crippen LogP contribution in [0.3, 0.4) is 0 Å². The number of hydrogen-bond acceptors (Lipinski definition) is 3. The Kier molecular flexibility index (Phi) is 5.15. The fraction of sp³-hybridized carbons (Fsp3) is 0.571. The second-order valence-electron chi connectivity index (χ2n) is 5.17. The zero-order valence-electron chi connectivity index (χ0n) is 12.1. The molecule has 0 atom stereocenters. The highest BCUT2D eigenvalue weighted by Crippen LogP contribution is 2.17. The minimum atomic E-state index is -3.39. The quantitative estimate of drug-likeness (QED) is 0.818. The first kappa shape index (κ1) is 15.4. The summed E-state index contributed by atoms with van der Waals surface area (Å²) in [7, 11) is -1.74. The minimum absolute atomic E-state index is 0.0955. The van der Waals surface area contributed by atoms with Gasteiger partial charge in [0, 0.05) is 33.2 Å². The van der Waals surface area contributed by atoms with E-state index in [0.717, 1.165) is 25.1 Å². The molecule has 0 unspecified atom stereocenters. The summed E-state index contributed by atoms with van der Waals surface area (Å²) in [6.07, 6.45) is 0.828. The molecular weight excluding hydrogens is 274 g/mol. The van der Waals surface area contributed by atoms with Crippen LogP contribution in [0.25, 0.3) is 0 Å². The van der Waals surface area contributed by atoms with Crippen LogP contribution in [-0.2, 0) is 16.8 Å². The Hall–Kier alpha value is -0.950. The Bertz CT molecular complexity index is 514. The maximum Gasteiger partial charge on any atom is 0.282 e. The summed E-state index contributed by atoms with van der Waals surface area (Å²) in [4.78, 5) is 0. The van der Waals surface area contributed by atoms with Gasteiger partial charge >= 0.3 is 0 Å². The number of rotatable bonds is 7. The van der Waals surface area contributed by atoms with Crippen LogP contribution >= 0.6 is 0 Å². The van der Waals surface area contributed by atoms with Gasteiger partial charge in [-0.3, -0.25) is 0 Å². The molecule has 6 heteroatoms. The molecule has 2 rings (SSSR count). The number of hydrogen-bond donors (Lipinski definition) is 1. The Labute approximate surface area is 121 Å². The second-order valence-corrected chi connectivity index (χ2v) is 7.16. The predicted molar refractivity (Wildman–Crippen MR) is 80.5 cm³/mol. The van der Waals surface area contributed by atoms with E-state index in [1.54, 1.807) is 11.4 Å². The second kappa shape index (κ2) is 6.67. The zero-order valence-corrected chi connectivity index (χ0v) is 12.9. The maximum absolute atomic E-state index is 12.7. The monoisotopic (exact) mass is 297 g/mol. The first-order chi connectivity index (χ1) is 9.55. The van der Waals surface area contributed by atoms with E-state index in [1.807, 2.05) is 37.3 Å². The van der Waals surface area contributed by atoms with Crippen molar-refractivity contribution in [1.29, 1.82) is 0 Å². The fourth-order valence-electron chi connectivity index (χ4n) is 2.28. The SMILES string of the molecule is CCCN(C1CNC1)S(=O)(=O)N(C)Cc1ccccc1. The van der Waals surface area contributed by atoms with Crippen molar-refractivity contribution in [2.75, 3.05) is 26.7 Å². The minimum Gasteiger partial charge on any atom is -0.313 e. The van der Waals surface area contributed by atoms with E-state index in [-0.39, 0.29) is 6.04 Å². The van der Waals surface area contributed by atoms with Crippen LogP contribution in [0.5, 0.6) is 0 Å². The van der Waals surface area contributed by atoms with Gasteiger partial charge < -0.3 is 5.32 Å². The predicted octanol–water partition coefficient (Wildman–Crippen LogP) is 1.05. The molecule has 20 heavy (non-hydrogen) atoms. The molecule has 0 bridgehead atoms. The lowest BCUT2D eigenvalue weighted by Crippen LogP contribution is -2.60. The topological polar surface area (TPSA) is 52.7 Å². The summed E-state index contributed by atoms with van der Waals surface area (Å²) < 4.78 is 28.4. The summed E-state index contributed by atoms with van der Waals surface area (Å²) >= 11 is 0. The van der Waals surface area contributed by atoms with Crippen molar-refractivity contribution in [3.8, 4) is 0 Å². The van der Waals surface area contributed by atoms with Gasteiger partial charge in [0.25, 0.3) is 10.2 Å². The van der Waals surface area contributed by atoms with E-state index in [0.29, 0.717) is 13.1 Å². The van der Waals surface area contributed by atoms with Gasteiger partial charge in [0.05, 0.1) is 6.04 Å². The van der Waals surface area contributed by atoms with Gasteiger partial charge in [-0.2, -0.15) is 17.0 Å². The van der Waals surface area contributed by atoms with Crippen LogP contribution in [0, 0.1) is 0 Å². The zero-order chi connectivity index (χ0) is 14.6. The Morgan fingerprint density at radius 1 is 1.25 bits per heavy atom. The summed E-state index contributed by atoms with van der Waals surface area (Å²) in [6.45, 7) is 4.49. The van der Waals surface area contributed by atoms with E-state index in [2.05, 4.69) is 5.32 Å². The molecule has 1 heterocycles. The standard InChI is InChI=1S/C14H23N3O2S/c1-3-9-17(14-10-15-11-14)20(18,19)16(2)12-13-7-5-4-6-8-13/h4-8,14-15H,3,9-12H2,1-2H3. The van der Waals surface area contributed by atoms with Gasteiger partial charge in [0.15, 0.2) is 0 Å². The molecule has 0 aromatic heterocycles. The number of nitrogens with one attached hydrogen (secondary N) is 1. The summed E-state index contributed by atoms with van der Waals surface area (Å²) in [5.74, 6) is 0. The van der Waals surface area contributed by atoms with E-state index in [4.69, 9.17) is 0 Å². The van der Waals surface area contributed by atoms with Gasteiger partial charge in [0.2, 0.25) is 0 Å². The Balaban J connectivity index is 2.10. The molecule has 1 fully saturated rings. The average Bonchev–Trinajstić information content (AvgIpc) is 2.37. The van der Waals surface area contributed by atoms with Crippen molar-refractivity contribution in [3.05, 3.63) is 35.9 Å². The molecule has 1 aromatic rings. The van der Waals surface area contributed by atoms with Crippen LogP contribution in [-0.4, -0.2) is 49.8 Å². The van der Waals surface area contributed by atoms with E-state index >= 15 is 0 Å². The first-order valence-electron chi connectivity index (χ1n) is 7.03. The lowest BCUT2D eigenvalue weighted by Gasteiger charge is -2.39. The summed E-state index contributed by atoms with van der Waals surface area (Å²) in [6, 6.07) is 9.77. The molecule has 0 aliphatic carbocycles. The lowest BCUT2D eigenvalue weighted by atomic mass is 10.2. The molecule has 5 nitrogen and oxygen atoms in total. The van der Waals surface area contributed by atoms with E-state index in [1.165, 1.54) is 4.31 Å². The van der Waals surface area contributed by atoms with Gasteiger partial charge in [-0.25, -0.2) is 0 Å². The van der Waals surface area contributed by atoms with Gasteiger partial charge in [0.1, 0.15) is 0 Å².